The van der Waals surface area contributed by atoms with Crippen LogP contribution in [-0.2, 0) is 0 Å². The van der Waals surface area contributed by atoms with E-state index in [0.29, 0.717) is 5.41 Å². The monoisotopic (exact) mass is 264 g/mol. The molecule has 5 unspecified atom stereocenters. The lowest BCUT2D eigenvalue weighted by Crippen LogP contribution is -2.53. The maximum Gasteiger partial charge on any atom is 0.0123 e. The van der Waals surface area contributed by atoms with E-state index in [1.807, 2.05) is 0 Å². The molecule has 2 saturated heterocycles. The van der Waals surface area contributed by atoms with E-state index in [1.54, 1.807) is 0 Å². The molecule has 2 aliphatic heterocycles. The maximum atomic E-state index is 4.12. The van der Waals surface area contributed by atoms with Gasteiger partial charge < -0.3 is 10.2 Å². The molecular weight excluding hydrogens is 232 g/mol. The molecule has 19 heavy (non-hydrogen) atoms. The average Bonchev–Trinajstić information content (AvgIpc) is 2.75. The molecule has 0 spiro atoms. The zero-order chi connectivity index (χ0) is 13.5. The van der Waals surface area contributed by atoms with Crippen molar-refractivity contribution in [2.24, 2.45) is 17.3 Å². The standard InChI is InChI=1S/C17H32N2/c1-17(2,3)14-6-4-5-7-16(14)18-15-9-11-19-10-8-13(15)12-19/h13-16,18H,4-12H2,1-3H3. The average molecular weight is 264 g/mol. The van der Waals surface area contributed by atoms with Gasteiger partial charge in [-0.25, -0.2) is 0 Å². The van der Waals surface area contributed by atoms with Crippen molar-refractivity contribution in [3.8, 4) is 0 Å². The lowest BCUT2D eigenvalue weighted by atomic mass is 9.69. The highest BCUT2D eigenvalue weighted by atomic mass is 15.2. The first-order valence-corrected chi connectivity index (χ1v) is 8.52. The first-order chi connectivity index (χ1) is 9.04. The largest absolute Gasteiger partial charge is 0.311 e. The van der Waals surface area contributed by atoms with Crippen molar-refractivity contribution in [1.29, 1.82) is 0 Å². The van der Waals surface area contributed by atoms with Gasteiger partial charge in [-0.3, -0.25) is 0 Å². The van der Waals surface area contributed by atoms with Crippen LogP contribution in [0.3, 0.4) is 0 Å². The second-order valence-corrected chi connectivity index (χ2v) is 8.27. The lowest BCUT2D eigenvalue weighted by molar-refractivity contribution is 0.105. The highest BCUT2D eigenvalue weighted by Crippen LogP contribution is 2.39. The summed E-state index contributed by atoms with van der Waals surface area (Å²) in [5.41, 5.74) is 0.467. The van der Waals surface area contributed by atoms with Gasteiger partial charge in [0.2, 0.25) is 0 Å². The Morgan fingerprint density at radius 3 is 2.42 bits per heavy atom. The molecule has 1 aliphatic carbocycles. The van der Waals surface area contributed by atoms with Crippen molar-refractivity contribution in [1.82, 2.24) is 10.2 Å². The summed E-state index contributed by atoms with van der Waals surface area (Å²) in [5, 5.41) is 4.12. The molecule has 3 fully saturated rings. The van der Waals surface area contributed by atoms with Crippen molar-refractivity contribution >= 4 is 0 Å². The van der Waals surface area contributed by atoms with E-state index in [0.717, 1.165) is 23.9 Å². The second kappa shape index (κ2) is 5.37. The number of rotatable bonds is 2. The summed E-state index contributed by atoms with van der Waals surface area (Å²) in [7, 11) is 0. The molecular formula is C17H32N2. The summed E-state index contributed by atoms with van der Waals surface area (Å²) in [5.74, 6) is 1.82. The van der Waals surface area contributed by atoms with E-state index < -0.39 is 0 Å². The molecule has 0 amide bonds. The van der Waals surface area contributed by atoms with Gasteiger partial charge in [0, 0.05) is 18.6 Å². The van der Waals surface area contributed by atoms with E-state index in [2.05, 4.69) is 31.0 Å². The van der Waals surface area contributed by atoms with Crippen LogP contribution in [0, 0.1) is 17.3 Å². The predicted octanol–water partition coefficient (Wildman–Crippen LogP) is 3.28. The smallest absolute Gasteiger partial charge is 0.0123 e. The molecule has 2 bridgehead atoms. The molecule has 110 valence electrons. The fraction of sp³-hybridized carbons (Fsp3) is 1.00. The molecule has 1 saturated carbocycles. The van der Waals surface area contributed by atoms with Gasteiger partial charge in [0.05, 0.1) is 0 Å². The molecule has 2 nitrogen and oxygen atoms in total. The topological polar surface area (TPSA) is 15.3 Å². The van der Waals surface area contributed by atoms with Crippen molar-refractivity contribution in [2.45, 2.75) is 71.4 Å². The van der Waals surface area contributed by atoms with Gasteiger partial charge in [0.1, 0.15) is 0 Å². The van der Waals surface area contributed by atoms with Crippen molar-refractivity contribution in [2.75, 3.05) is 19.6 Å². The molecule has 3 rings (SSSR count). The highest BCUT2D eigenvalue weighted by Gasteiger charge is 2.39. The summed E-state index contributed by atoms with van der Waals surface area (Å²) in [6.45, 7) is 11.4. The zero-order valence-corrected chi connectivity index (χ0v) is 13.1. The van der Waals surface area contributed by atoms with Crippen LogP contribution in [-0.4, -0.2) is 36.6 Å². The molecule has 0 aromatic carbocycles. The number of fused-ring (bicyclic) bond motifs is 2. The first-order valence-electron chi connectivity index (χ1n) is 8.52. The number of piperidine rings is 1. The second-order valence-electron chi connectivity index (χ2n) is 8.27. The van der Waals surface area contributed by atoms with E-state index in [4.69, 9.17) is 0 Å². The van der Waals surface area contributed by atoms with Crippen LogP contribution >= 0.6 is 0 Å². The van der Waals surface area contributed by atoms with E-state index in [1.165, 1.54) is 58.2 Å². The predicted molar refractivity (Wildman–Crippen MR) is 81.3 cm³/mol. The summed E-state index contributed by atoms with van der Waals surface area (Å²) in [4.78, 5) is 2.66. The van der Waals surface area contributed by atoms with Crippen LogP contribution < -0.4 is 5.32 Å². The van der Waals surface area contributed by atoms with Crippen LogP contribution in [0.5, 0.6) is 0 Å². The summed E-state index contributed by atoms with van der Waals surface area (Å²) >= 11 is 0. The van der Waals surface area contributed by atoms with Gasteiger partial charge in [-0.05, 0) is 56.0 Å². The third-order valence-corrected chi connectivity index (χ3v) is 5.94. The van der Waals surface area contributed by atoms with Crippen LogP contribution in [0.1, 0.15) is 59.3 Å². The van der Waals surface area contributed by atoms with Gasteiger partial charge in [0.15, 0.2) is 0 Å². The Morgan fingerprint density at radius 2 is 1.63 bits per heavy atom. The summed E-state index contributed by atoms with van der Waals surface area (Å²) in [6.07, 6.45) is 8.55. The van der Waals surface area contributed by atoms with Gasteiger partial charge in [0.25, 0.3) is 0 Å². The fourth-order valence-electron chi connectivity index (χ4n) is 4.81. The van der Waals surface area contributed by atoms with Gasteiger partial charge in [-0.2, -0.15) is 0 Å². The van der Waals surface area contributed by atoms with Gasteiger partial charge in [-0.15, -0.1) is 0 Å². The van der Waals surface area contributed by atoms with Crippen LogP contribution in [0.15, 0.2) is 0 Å². The minimum Gasteiger partial charge on any atom is -0.311 e. The Kier molecular flexibility index (Phi) is 3.92. The Labute approximate surface area is 119 Å². The Balaban J connectivity index is 1.63. The van der Waals surface area contributed by atoms with E-state index >= 15 is 0 Å². The molecule has 1 N–H and O–H groups in total. The maximum absolute atomic E-state index is 4.12. The van der Waals surface area contributed by atoms with Crippen LogP contribution in [0.25, 0.3) is 0 Å². The third-order valence-electron chi connectivity index (χ3n) is 5.94. The number of nitrogens with zero attached hydrogens (tertiary/aromatic N) is 1. The SMILES string of the molecule is CC(C)(C)C1CCCCC1NC1CCN2CCC1C2. The number of hydrogen-bond acceptors (Lipinski definition) is 2. The Bertz CT molecular complexity index is 307. The van der Waals surface area contributed by atoms with Crippen molar-refractivity contribution in [3.63, 3.8) is 0 Å². The van der Waals surface area contributed by atoms with E-state index in [9.17, 15) is 0 Å². The Hall–Kier alpha value is -0.0800. The molecule has 2 heteroatoms. The Morgan fingerprint density at radius 1 is 0.895 bits per heavy atom. The lowest BCUT2D eigenvalue weighted by Gasteiger charge is -2.44. The fourth-order valence-corrected chi connectivity index (χ4v) is 4.81. The van der Waals surface area contributed by atoms with Crippen LogP contribution in [0.4, 0.5) is 0 Å². The highest BCUT2D eigenvalue weighted by molar-refractivity contribution is 4.95. The number of nitrogens with one attached hydrogen (secondary N) is 1. The molecule has 3 aliphatic rings. The molecule has 0 aromatic rings. The van der Waals surface area contributed by atoms with Gasteiger partial charge in [-0.1, -0.05) is 33.6 Å². The molecule has 5 atom stereocenters. The van der Waals surface area contributed by atoms with E-state index in [-0.39, 0.29) is 0 Å². The summed E-state index contributed by atoms with van der Waals surface area (Å²) in [6, 6.07) is 1.59. The zero-order valence-electron chi connectivity index (χ0n) is 13.1. The van der Waals surface area contributed by atoms with Crippen molar-refractivity contribution in [3.05, 3.63) is 0 Å². The first kappa shape index (κ1) is 13.9. The minimum absolute atomic E-state index is 0.467. The van der Waals surface area contributed by atoms with Gasteiger partial charge >= 0.3 is 0 Å². The molecule has 2 heterocycles. The van der Waals surface area contributed by atoms with Crippen LogP contribution in [0.2, 0.25) is 0 Å². The summed E-state index contributed by atoms with van der Waals surface area (Å²) < 4.78 is 0. The molecule has 0 aromatic heterocycles. The number of hydrogen-bond donors (Lipinski definition) is 1. The quantitative estimate of drug-likeness (QED) is 0.823. The van der Waals surface area contributed by atoms with Crippen molar-refractivity contribution < 1.29 is 0 Å². The minimum atomic E-state index is 0.467. The molecule has 0 radical (unpaired) electrons. The normalized spacial score (nSPS) is 43.4. The third kappa shape index (κ3) is 3.00.